The van der Waals surface area contributed by atoms with E-state index in [1.165, 1.54) is 0 Å². The monoisotopic (exact) mass is 387 g/mol. The number of hydrogen-bond donors (Lipinski definition) is 0. The smallest absolute Gasteiger partial charge is 0 e. The molecule has 0 spiro atoms. The van der Waals surface area contributed by atoms with Crippen LogP contribution in [0.2, 0.25) is 0 Å². The quantitative estimate of drug-likeness (QED) is 0.512. The average molecular weight is 387 g/mol. The molecule has 0 aromatic carbocycles. The Morgan fingerprint density at radius 1 is 1.20 bits per heavy atom. The van der Waals surface area contributed by atoms with E-state index >= 15 is 0 Å². The zero-order chi connectivity index (χ0) is 2.00. The molecule has 0 saturated heterocycles. The molecule has 4 radical (unpaired) electrons. The summed E-state index contributed by atoms with van der Waals surface area (Å²) >= 11 is 2.94. The van der Waals surface area contributed by atoms with Crippen molar-refractivity contribution < 1.29 is 60.1 Å². The van der Waals surface area contributed by atoms with Crippen LogP contribution in [0.25, 0.3) is 0 Å². The van der Waals surface area contributed by atoms with Gasteiger partial charge in [0.2, 0.25) is 0 Å². The Kier molecular flexibility index (Phi) is 163. The molecular formula is BiCuOTiV. The zero-order valence-corrected chi connectivity index (χ0v) is 9.48. The van der Waals surface area contributed by atoms with E-state index in [9.17, 15) is 0 Å². The minimum Gasteiger partial charge on any atom is 0 e. The van der Waals surface area contributed by atoms with Crippen molar-refractivity contribution in [3.8, 4) is 0 Å². The molecule has 0 atom stereocenters. The van der Waals surface area contributed by atoms with Gasteiger partial charge in [-0.05, 0) is 0 Å². The molecule has 0 heterocycles. The molecular weight excluding hydrogens is 387 g/mol. The Bertz CT molecular complexity index is 11.6. The predicted molar refractivity (Wildman–Crippen MR) is 6.44 cm³/mol. The Hall–Kier alpha value is 2.50. The van der Waals surface area contributed by atoms with Crippen LogP contribution in [0.15, 0.2) is 0 Å². The van der Waals surface area contributed by atoms with Gasteiger partial charge in [0.1, 0.15) is 0 Å². The van der Waals surface area contributed by atoms with Gasteiger partial charge in [-0.1, -0.05) is 0 Å². The van der Waals surface area contributed by atoms with E-state index < -0.39 is 0 Å². The topological polar surface area (TPSA) is 17.1 Å². The van der Waals surface area contributed by atoms with E-state index in [2.05, 4.69) is 15.9 Å². The van der Waals surface area contributed by atoms with Crippen molar-refractivity contribution in [2.45, 2.75) is 0 Å². The van der Waals surface area contributed by atoms with Crippen LogP contribution in [0.5, 0.6) is 0 Å². The summed E-state index contributed by atoms with van der Waals surface area (Å²) in [6.45, 7) is 0. The van der Waals surface area contributed by atoms with Crippen LogP contribution in [0.4, 0.5) is 0 Å². The minimum absolute atomic E-state index is 0. The van der Waals surface area contributed by atoms with E-state index in [1.807, 2.05) is 0 Å². The second-order valence-corrected chi connectivity index (χ2v) is 0. The maximum atomic E-state index is 7.81. The van der Waals surface area contributed by atoms with Crippen LogP contribution < -0.4 is 0 Å². The van der Waals surface area contributed by atoms with Gasteiger partial charge in [-0.25, -0.2) is 0 Å². The van der Waals surface area contributed by atoms with Crippen molar-refractivity contribution in [1.82, 2.24) is 0 Å². The van der Waals surface area contributed by atoms with E-state index in [4.69, 9.17) is 3.83 Å². The predicted octanol–water partition coefficient (Wildman–Crippen LogP) is -0.507. The summed E-state index contributed by atoms with van der Waals surface area (Å²) < 4.78 is 7.81. The summed E-state index contributed by atoms with van der Waals surface area (Å²) in [5, 5.41) is 0. The molecule has 0 N–H and O–H groups in total. The normalized spacial score (nSPS) is 1.20. The number of rotatable bonds is 0. The molecule has 0 aromatic rings. The van der Waals surface area contributed by atoms with Gasteiger partial charge in [0.25, 0.3) is 0 Å². The average Bonchev–Trinajstić information content (AvgIpc) is 1.00. The summed E-state index contributed by atoms with van der Waals surface area (Å²) in [7, 11) is 0. The van der Waals surface area contributed by atoms with Gasteiger partial charge in [0.05, 0.1) is 0 Å². The minimum atomic E-state index is 0. The van der Waals surface area contributed by atoms with Gasteiger partial charge in [0.15, 0.2) is 0 Å². The van der Waals surface area contributed by atoms with Crippen molar-refractivity contribution in [3.05, 3.63) is 0 Å². The van der Waals surface area contributed by atoms with Gasteiger partial charge in [0, 0.05) is 66.5 Å². The molecule has 0 amide bonds. The summed E-state index contributed by atoms with van der Waals surface area (Å²) in [4.78, 5) is 0. The van der Waals surface area contributed by atoms with Crippen LogP contribution >= 0.6 is 0 Å². The molecule has 0 aromatic heterocycles. The molecule has 0 bridgehead atoms. The third kappa shape index (κ3) is 21.1. The van der Waals surface area contributed by atoms with Crippen molar-refractivity contribution >= 4 is 26.2 Å². The molecule has 0 rings (SSSR count). The largest absolute Gasteiger partial charge is 0 e. The Labute approximate surface area is 84.9 Å². The van der Waals surface area contributed by atoms with E-state index in [0.717, 1.165) is 0 Å². The summed E-state index contributed by atoms with van der Waals surface area (Å²) in [5.74, 6) is 0. The first-order chi connectivity index (χ1) is 1.00. The summed E-state index contributed by atoms with van der Waals surface area (Å²) in [5.41, 5.74) is 0. The Balaban J connectivity index is -0.00000000167. The van der Waals surface area contributed by atoms with E-state index in [-0.39, 0.29) is 66.5 Å². The molecule has 0 aliphatic carbocycles. The van der Waals surface area contributed by atoms with E-state index in [1.54, 1.807) is 0 Å². The van der Waals surface area contributed by atoms with Crippen molar-refractivity contribution in [3.63, 3.8) is 0 Å². The first-order valence-corrected chi connectivity index (χ1v) is 0.508. The third-order valence-corrected chi connectivity index (χ3v) is 0. The second-order valence-electron chi connectivity index (χ2n) is 0. The molecule has 0 aliphatic heterocycles. The van der Waals surface area contributed by atoms with Crippen molar-refractivity contribution in [1.29, 1.82) is 0 Å². The van der Waals surface area contributed by atoms with Crippen LogP contribution in [-0.4, -0.2) is 26.2 Å². The van der Waals surface area contributed by atoms with Crippen LogP contribution in [-0.2, 0) is 60.1 Å². The second kappa shape index (κ2) is 31.4. The van der Waals surface area contributed by atoms with Gasteiger partial charge in [-0.15, -0.1) is 0 Å². The maximum absolute atomic E-state index is 7.81. The Morgan fingerprint density at radius 2 is 1.20 bits per heavy atom. The van der Waals surface area contributed by atoms with Gasteiger partial charge in [-0.3, -0.25) is 0 Å². The molecule has 0 aliphatic rings. The van der Waals surface area contributed by atoms with Crippen LogP contribution in [0, 0.1) is 0 Å². The third-order valence-electron chi connectivity index (χ3n) is 0. The molecule has 0 unspecified atom stereocenters. The maximum Gasteiger partial charge on any atom is 0 e. The van der Waals surface area contributed by atoms with Gasteiger partial charge >= 0.3 is 19.8 Å². The molecule has 5 heavy (non-hydrogen) atoms. The molecule has 1 nitrogen and oxygen atoms in total. The van der Waals surface area contributed by atoms with E-state index in [0.29, 0.717) is 0 Å². The zero-order valence-electron chi connectivity index (χ0n) is 2.10. The fourth-order valence-corrected chi connectivity index (χ4v) is 0. The first kappa shape index (κ1) is 25.9. The standard InChI is InChI=1S/Bi.Cu.O.Ti.V. The first-order valence-electron chi connectivity index (χ1n) is 0.123. The fourth-order valence-electron chi connectivity index (χ4n) is 0. The number of hydrogen-bond acceptors (Lipinski definition) is 1. The van der Waals surface area contributed by atoms with Crippen molar-refractivity contribution in [2.75, 3.05) is 0 Å². The molecule has 31 valence electrons. The van der Waals surface area contributed by atoms with Gasteiger partial charge in [-0.2, -0.15) is 0 Å². The fraction of sp³-hybridized carbons (Fsp3) is 0. The summed E-state index contributed by atoms with van der Waals surface area (Å²) in [6, 6.07) is 0. The molecule has 5 heteroatoms. The Morgan fingerprint density at radius 3 is 1.20 bits per heavy atom. The molecule has 0 saturated carbocycles. The molecule has 0 fully saturated rings. The summed E-state index contributed by atoms with van der Waals surface area (Å²) in [6.07, 6.45) is 0. The SMILES string of the molecule is [Bi].[O]=[Cu].[Ti].[V]. The van der Waals surface area contributed by atoms with Gasteiger partial charge < -0.3 is 0 Å². The van der Waals surface area contributed by atoms with Crippen molar-refractivity contribution in [2.24, 2.45) is 0 Å². The van der Waals surface area contributed by atoms with Crippen LogP contribution in [0.1, 0.15) is 0 Å². The van der Waals surface area contributed by atoms with Crippen LogP contribution in [0.3, 0.4) is 0 Å².